The van der Waals surface area contributed by atoms with Gasteiger partial charge in [0.2, 0.25) is 0 Å². The highest BCUT2D eigenvalue weighted by molar-refractivity contribution is 5.37. The first-order valence-corrected chi connectivity index (χ1v) is 6.13. The summed E-state index contributed by atoms with van der Waals surface area (Å²) in [4.78, 5) is 0. The van der Waals surface area contributed by atoms with Gasteiger partial charge in [-0.05, 0) is 50.2 Å². The summed E-state index contributed by atoms with van der Waals surface area (Å²) in [6, 6.07) is 6.31. The maximum atomic E-state index is 8.88. The Hall–Kier alpha value is -1.02. The van der Waals surface area contributed by atoms with Crippen LogP contribution < -0.4 is 4.74 Å². The molecule has 0 unspecified atom stereocenters. The lowest BCUT2D eigenvalue weighted by Gasteiger charge is -2.11. The van der Waals surface area contributed by atoms with Gasteiger partial charge in [-0.3, -0.25) is 0 Å². The van der Waals surface area contributed by atoms with Gasteiger partial charge in [0.1, 0.15) is 5.75 Å². The zero-order chi connectivity index (χ0) is 11.4. The van der Waals surface area contributed by atoms with Crippen LogP contribution in [-0.4, -0.2) is 18.3 Å². The van der Waals surface area contributed by atoms with Crippen molar-refractivity contribution in [2.75, 3.05) is 13.2 Å². The molecular formula is C14H20O2. The van der Waals surface area contributed by atoms with Crippen LogP contribution in [0.1, 0.15) is 30.4 Å². The summed E-state index contributed by atoms with van der Waals surface area (Å²) >= 11 is 0. The van der Waals surface area contributed by atoms with Crippen molar-refractivity contribution < 1.29 is 9.84 Å². The van der Waals surface area contributed by atoms with Crippen molar-refractivity contribution in [2.24, 2.45) is 5.92 Å². The van der Waals surface area contributed by atoms with E-state index in [9.17, 15) is 0 Å². The minimum atomic E-state index is 0.246. The molecule has 0 heterocycles. The molecule has 1 aliphatic rings. The molecule has 1 fully saturated rings. The summed E-state index contributed by atoms with van der Waals surface area (Å²) < 4.78 is 5.83. The number of aliphatic hydroxyl groups is 1. The summed E-state index contributed by atoms with van der Waals surface area (Å²) in [5, 5.41) is 8.88. The fraction of sp³-hybridized carbons (Fsp3) is 0.571. The Bertz CT molecular complexity index is 343. The number of aliphatic hydroxyl groups excluding tert-OH is 1. The number of ether oxygens (including phenoxy) is 1. The van der Waals surface area contributed by atoms with Gasteiger partial charge in [0.15, 0.2) is 0 Å². The molecule has 1 aromatic rings. The number of benzene rings is 1. The minimum Gasteiger partial charge on any atom is -0.493 e. The molecule has 2 rings (SSSR count). The Morgan fingerprint density at radius 2 is 2.19 bits per heavy atom. The third kappa shape index (κ3) is 3.24. The second-order valence-corrected chi connectivity index (χ2v) is 4.69. The molecule has 0 saturated heterocycles. The third-order valence-corrected chi connectivity index (χ3v) is 2.99. The van der Waals surface area contributed by atoms with Crippen LogP contribution in [-0.2, 0) is 6.42 Å². The van der Waals surface area contributed by atoms with Crippen LogP contribution in [0.3, 0.4) is 0 Å². The average molecular weight is 220 g/mol. The van der Waals surface area contributed by atoms with Crippen LogP contribution >= 0.6 is 0 Å². The van der Waals surface area contributed by atoms with Crippen LogP contribution in [0.5, 0.6) is 5.75 Å². The van der Waals surface area contributed by atoms with Gasteiger partial charge in [0.25, 0.3) is 0 Å². The minimum absolute atomic E-state index is 0.246. The van der Waals surface area contributed by atoms with Crippen molar-refractivity contribution in [3.63, 3.8) is 0 Å². The zero-order valence-corrected chi connectivity index (χ0v) is 9.91. The Labute approximate surface area is 97.3 Å². The van der Waals surface area contributed by atoms with Crippen molar-refractivity contribution in [2.45, 2.75) is 32.6 Å². The van der Waals surface area contributed by atoms with Gasteiger partial charge in [0.05, 0.1) is 6.61 Å². The molecule has 0 spiro atoms. The van der Waals surface area contributed by atoms with E-state index in [1.54, 1.807) is 0 Å². The summed E-state index contributed by atoms with van der Waals surface area (Å²) in [5.41, 5.74) is 2.49. The van der Waals surface area contributed by atoms with E-state index in [1.165, 1.54) is 24.0 Å². The Balaban J connectivity index is 2.00. The molecule has 0 aliphatic heterocycles. The van der Waals surface area contributed by atoms with Gasteiger partial charge in [-0.2, -0.15) is 0 Å². The van der Waals surface area contributed by atoms with E-state index in [0.717, 1.165) is 31.1 Å². The average Bonchev–Trinajstić information content (AvgIpc) is 3.09. The van der Waals surface area contributed by atoms with E-state index < -0.39 is 0 Å². The van der Waals surface area contributed by atoms with Crippen molar-refractivity contribution in [3.8, 4) is 5.75 Å². The molecule has 0 aromatic heterocycles. The second kappa shape index (κ2) is 5.35. The number of hydrogen-bond acceptors (Lipinski definition) is 2. The Morgan fingerprint density at radius 3 is 2.88 bits per heavy atom. The molecule has 1 N–H and O–H groups in total. The predicted octanol–water partition coefficient (Wildman–Crippen LogP) is 2.71. The molecule has 2 nitrogen and oxygen atoms in total. The zero-order valence-electron chi connectivity index (χ0n) is 9.91. The molecule has 0 bridgehead atoms. The first-order valence-electron chi connectivity index (χ1n) is 6.13. The monoisotopic (exact) mass is 220 g/mol. The lowest BCUT2D eigenvalue weighted by Crippen LogP contribution is -2.02. The quantitative estimate of drug-likeness (QED) is 0.798. The first kappa shape index (κ1) is 11.5. The highest BCUT2D eigenvalue weighted by Crippen LogP contribution is 2.30. The number of hydrogen-bond donors (Lipinski definition) is 1. The molecular weight excluding hydrogens is 200 g/mol. The highest BCUT2D eigenvalue weighted by Gasteiger charge is 2.22. The molecule has 0 radical (unpaired) electrons. The van der Waals surface area contributed by atoms with E-state index >= 15 is 0 Å². The third-order valence-electron chi connectivity index (χ3n) is 2.99. The maximum absolute atomic E-state index is 8.88. The Morgan fingerprint density at radius 1 is 1.38 bits per heavy atom. The van der Waals surface area contributed by atoms with Crippen molar-refractivity contribution in [1.82, 2.24) is 0 Å². The van der Waals surface area contributed by atoms with Crippen molar-refractivity contribution in [1.29, 1.82) is 0 Å². The topological polar surface area (TPSA) is 29.5 Å². The summed E-state index contributed by atoms with van der Waals surface area (Å²) in [7, 11) is 0. The van der Waals surface area contributed by atoms with Gasteiger partial charge in [0, 0.05) is 6.61 Å². The molecule has 0 atom stereocenters. The van der Waals surface area contributed by atoms with Crippen LogP contribution in [0.4, 0.5) is 0 Å². The molecule has 16 heavy (non-hydrogen) atoms. The molecule has 2 heteroatoms. The standard InChI is InChI=1S/C14H20O2/c1-11-4-7-14(16-10-12-5-6-12)13(9-11)3-2-8-15/h4,7,9,12,15H,2-3,5-6,8,10H2,1H3. The van der Waals surface area contributed by atoms with Crippen LogP contribution in [0.15, 0.2) is 18.2 Å². The Kier molecular flexibility index (Phi) is 3.83. The molecule has 88 valence electrons. The molecule has 1 aromatic carbocycles. The largest absolute Gasteiger partial charge is 0.493 e. The van der Waals surface area contributed by atoms with Crippen LogP contribution in [0.2, 0.25) is 0 Å². The van der Waals surface area contributed by atoms with Gasteiger partial charge >= 0.3 is 0 Å². The van der Waals surface area contributed by atoms with E-state index in [4.69, 9.17) is 9.84 Å². The highest BCUT2D eigenvalue weighted by atomic mass is 16.5. The van der Waals surface area contributed by atoms with Crippen LogP contribution in [0.25, 0.3) is 0 Å². The van der Waals surface area contributed by atoms with Gasteiger partial charge in [-0.15, -0.1) is 0 Å². The van der Waals surface area contributed by atoms with Crippen molar-refractivity contribution in [3.05, 3.63) is 29.3 Å². The second-order valence-electron chi connectivity index (χ2n) is 4.69. The van der Waals surface area contributed by atoms with Crippen molar-refractivity contribution >= 4 is 0 Å². The first-order chi connectivity index (χ1) is 7.79. The van der Waals surface area contributed by atoms with Gasteiger partial charge in [-0.25, -0.2) is 0 Å². The number of aryl methyl sites for hydroxylation is 2. The fourth-order valence-corrected chi connectivity index (χ4v) is 1.81. The summed E-state index contributed by atoms with van der Waals surface area (Å²) in [6.45, 7) is 3.19. The van der Waals surface area contributed by atoms with Gasteiger partial charge in [-0.1, -0.05) is 17.7 Å². The molecule has 1 saturated carbocycles. The summed E-state index contributed by atoms with van der Waals surface area (Å²) in [5.74, 6) is 1.79. The van der Waals surface area contributed by atoms with E-state index in [2.05, 4.69) is 25.1 Å². The maximum Gasteiger partial charge on any atom is 0.122 e. The van der Waals surface area contributed by atoms with Crippen LogP contribution in [0, 0.1) is 12.8 Å². The summed E-state index contributed by atoms with van der Waals surface area (Å²) in [6.07, 6.45) is 4.34. The van der Waals surface area contributed by atoms with E-state index in [0.29, 0.717) is 0 Å². The lowest BCUT2D eigenvalue weighted by molar-refractivity contribution is 0.282. The normalized spacial score (nSPS) is 15.1. The number of rotatable bonds is 6. The predicted molar refractivity (Wildman–Crippen MR) is 64.8 cm³/mol. The van der Waals surface area contributed by atoms with Gasteiger partial charge < -0.3 is 9.84 Å². The SMILES string of the molecule is Cc1ccc(OCC2CC2)c(CCCO)c1. The smallest absolute Gasteiger partial charge is 0.122 e. The van der Waals surface area contributed by atoms with E-state index in [-0.39, 0.29) is 6.61 Å². The van der Waals surface area contributed by atoms with E-state index in [1.807, 2.05) is 0 Å². The molecule has 1 aliphatic carbocycles. The lowest BCUT2D eigenvalue weighted by atomic mass is 10.1. The fourth-order valence-electron chi connectivity index (χ4n) is 1.81. The molecule has 0 amide bonds.